The van der Waals surface area contributed by atoms with E-state index in [1.807, 2.05) is 24.3 Å². The van der Waals surface area contributed by atoms with Gasteiger partial charge in [0.25, 0.3) is 5.91 Å². The van der Waals surface area contributed by atoms with Gasteiger partial charge in [-0.1, -0.05) is 0 Å². The van der Waals surface area contributed by atoms with Gasteiger partial charge in [0.15, 0.2) is 5.82 Å². The summed E-state index contributed by atoms with van der Waals surface area (Å²) in [6.45, 7) is 5.65. The van der Waals surface area contributed by atoms with E-state index in [0.29, 0.717) is 29.7 Å². The predicted octanol–water partition coefficient (Wildman–Crippen LogP) is 6.59. The van der Waals surface area contributed by atoms with Crippen molar-refractivity contribution in [2.45, 2.75) is 69.0 Å². The number of carbonyl (C=O) groups excluding carboxylic acids is 1. The van der Waals surface area contributed by atoms with E-state index in [1.165, 1.54) is 16.6 Å². The summed E-state index contributed by atoms with van der Waals surface area (Å²) in [5.74, 6) is 2.24. The van der Waals surface area contributed by atoms with E-state index in [9.17, 15) is 18.0 Å². The standard InChI is InChI=1S/C30H34F3N5O3S/c1-28(2)18-20-4-3-16-40-21-5-7-22(8-6-21)42-36-27(39)23-9-10-24(34-26(23)37(28)19-20)38-15-11-25(35-38)41-17-14-29(12-13-29)30(31,32)33/h5-11,15,20H,3-4,12-14,16-19H2,1-2H3,(H,36,39). The first-order valence-corrected chi connectivity index (χ1v) is 15.1. The van der Waals surface area contributed by atoms with Crippen molar-refractivity contribution >= 4 is 23.7 Å². The second kappa shape index (κ2) is 11.0. The highest BCUT2D eigenvalue weighted by Gasteiger charge is 2.62. The van der Waals surface area contributed by atoms with Crippen molar-refractivity contribution in [3.05, 3.63) is 54.2 Å². The molecule has 3 aliphatic heterocycles. The van der Waals surface area contributed by atoms with Gasteiger partial charge in [0.1, 0.15) is 11.6 Å². The number of ether oxygens (including phenoxy) is 2. The molecular formula is C30H34F3N5O3S. The van der Waals surface area contributed by atoms with Gasteiger partial charge < -0.3 is 14.4 Å². The number of anilines is 1. The van der Waals surface area contributed by atoms with E-state index in [4.69, 9.17) is 14.5 Å². The number of pyridine rings is 1. The molecule has 4 aliphatic rings. The topological polar surface area (TPSA) is 81.5 Å². The molecule has 42 heavy (non-hydrogen) atoms. The lowest BCUT2D eigenvalue weighted by Gasteiger charge is -2.34. The normalized spacial score (nSPS) is 21.4. The number of alkyl halides is 3. The van der Waals surface area contributed by atoms with Crippen molar-refractivity contribution in [3.8, 4) is 17.4 Å². The summed E-state index contributed by atoms with van der Waals surface area (Å²) < 4.78 is 55.8. The van der Waals surface area contributed by atoms with Crippen LogP contribution in [0, 0.1) is 11.3 Å². The van der Waals surface area contributed by atoms with Crippen molar-refractivity contribution in [1.82, 2.24) is 19.5 Å². The summed E-state index contributed by atoms with van der Waals surface area (Å²) in [6.07, 6.45) is 0.515. The van der Waals surface area contributed by atoms with Crippen LogP contribution in [0.2, 0.25) is 0 Å². The highest BCUT2D eigenvalue weighted by molar-refractivity contribution is 7.98. The van der Waals surface area contributed by atoms with Crippen molar-refractivity contribution < 1.29 is 27.4 Å². The van der Waals surface area contributed by atoms with Crippen molar-refractivity contribution in [3.63, 3.8) is 0 Å². The van der Waals surface area contributed by atoms with Gasteiger partial charge in [-0.3, -0.25) is 9.52 Å². The van der Waals surface area contributed by atoms with E-state index >= 15 is 0 Å². The van der Waals surface area contributed by atoms with Gasteiger partial charge in [-0.25, -0.2) is 9.67 Å². The Morgan fingerprint density at radius 3 is 2.67 bits per heavy atom. The second-order valence-electron chi connectivity index (χ2n) is 12.0. The lowest BCUT2D eigenvalue weighted by Crippen LogP contribution is -2.40. The third kappa shape index (κ3) is 5.91. The number of nitrogens with zero attached hydrogens (tertiary/aromatic N) is 4. The van der Waals surface area contributed by atoms with Gasteiger partial charge in [-0.2, -0.15) is 13.2 Å². The Bertz CT molecular complexity index is 1440. The van der Waals surface area contributed by atoms with Gasteiger partial charge >= 0.3 is 6.18 Å². The maximum absolute atomic E-state index is 13.5. The maximum atomic E-state index is 13.5. The van der Waals surface area contributed by atoms with Crippen LogP contribution in [0.1, 0.15) is 62.7 Å². The van der Waals surface area contributed by atoms with Gasteiger partial charge in [-0.15, -0.1) is 5.10 Å². The minimum absolute atomic E-state index is 0.0664. The molecule has 1 amide bonds. The zero-order valence-electron chi connectivity index (χ0n) is 23.6. The fourth-order valence-corrected chi connectivity index (χ4v) is 6.51. The Morgan fingerprint density at radius 1 is 1.14 bits per heavy atom. The number of amides is 1. The van der Waals surface area contributed by atoms with E-state index in [1.54, 1.807) is 24.4 Å². The largest absolute Gasteiger partial charge is 0.494 e. The van der Waals surface area contributed by atoms with Crippen LogP contribution in [0.5, 0.6) is 11.6 Å². The van der Waals surface area contributed by atoms with Crippen LogP contribution in [-0.2, 0) is 0 Å². The number of hydrogen-bond acceptors (Lipinski definition) is 7. The molecule has 1 aromatic carbocycles. The first kappa shape index (κ1) is 28.7. The number of carbonyl (C=O) groups is 1. The Balaban J connectivity index is 1.25. The molecule has 12 heteroatoms. The number of nitrogens with one attached hydrogen (secondary N) is 1. The molecule has 1 unspecified atom stereocenters. The quantitative estimate of drug-likeness (QED) is 0.331. The zero-order valence-corrected chi connectivity index (χ0v) is 24.4. The molecular weight excluding hydrogens is 567 g/mol. The minimum Gasteiger partial charge on any atom is -0.494 e. The average molecular weight is 602 g/mol. The van der Waals surface area contributed by atoms with Crippen molar-refractivity contribution in [1.29, 1.82) is 0 Å². The van der Waals surface area contributed by atoms with Crippen LogP contribution >= 0.6 is 11.9 Å². The third-order valence-corrected chi connectivity index (χ3v) is 9.31. The summed E-state index contributed by atoms with van der Waals surface area (Å²) >= 11 is 1.23. The summed E-state index contributed by atoms with van der Waals surface area (Å²) in [5.41, 5.74) is -1.40. The van der Waals surface area contributed by atoms with Gasteiger partial charge in [0, 0.05) is 29.2 Å². The van der Waals surface area contributed by atoms with Crippen LogP contribution in [0.4, 0.5) is 19.0 Å². The summed E-state index contributed by atoms with van der Waals surface area (Å²) in [6, 6.07) is 12.7. The third-order valence-electron chi connectivity index (χ3n) is 8.52. The number of benzene rings is 1. The van der Waals surface area contributed by atoms with Crippen LogP contribution in [0.25, 0.3) is 5.82 Å². The Morgan fingerprint density at radius 2 is 1.93 bits per heavy atom. The Hall–Kier alpha value is -3.41. The highest BCUT2D eigenvalue weighted by Crippen LogP contribution is 2.59. The van der Waals surface area contributed by atoms with Gasteiger partial charge in [0.2, 0.25) is 5.88 Å². The van der Waals surface area contributed by atoms with Crippen LogP contribution < -0.4 is 19.1 Å². The van der Waals surface area contributed by atoms with E-state index in [2.05, 4.69) is 28.6 Å². The van der Waals surface area contributed by atoms with E-state index in [-0.39, 0.29) is 43.2 Å². The van der Waals surface area contributed by atoms with Crippen molar-refractivity contribution in [2.75, 3.05) is 24.7 Å². The summed E-state index contributed by atoms with van der Waals surface area (Å²) in [4.78, 5) is 21.5. The van der Waals surface area contributed by atoms with Crippen LogP contribution in [-0.4, -0.2) is 52.1 Å². The number of halogens is 3. The lowest BCUT2D eigenvalue weighted by molar-refractivity contribution is -0.190. The molecule has 5 heterocycles. The SMILES string of the molecule is CC1(C)CC2CCCOc3ccc(cc3)SNC(=O)c3ccc(-n4ccc(OCCC5(C(F)(F)F)CC5)n4)nc3N1C2. The number of rotatable bonds is 5. The summed E-state index contributed by atoms with van der Waals surface area (Å²) in [5, 5.41) is 4.41. The summed E-state index contributed by atoms with van der Waals surface area (Å²) in [7, 11) is 0. The van der Waals surface area contributed by atoms with Crippen LogP contribution in [0.15, 0.2) is 53.6 Å². The maximum Gasteiger partial charge on any atom is 0.394 e. The highest BCUT2D eigenvalue weighted by atomic mass is 32.2. The average Bonchev–Trinajstić information content (AvgIpc) is 3.50. The first-order valence-electron chi connectivity index (χ1n) is 14.3. The Labute approximate surface area is 247 Å². The minimum atomic E-state index is -4.21. The molecule has 1 saturated carbocycles. The lowest BCUT2D eigenvalue weighted by atomic mass is 9.93. The zero-order chi connectivity index (χ0) is 29.5. The monoisotopic (exact) mass is 601 g/mol. The predicted molar refractivity (Wildman–Crippen MR) is 153 cm³/mol. The fourth-order valence-electron chi connectivity index (χ4n) is 5.92. The molecule has 1 saturated heterocycles. The molecule has 224 valence electrons. The molecule has 0 spiro atoms. The van der Waals surface area contributed by atoms with Crippen molar-refractivity contribution in [2.24, 2.45) is 11.3 Å². The molecule has 4 bridgehead atoms. The second-order valence-corrected chi connectivity index (χ2v) is 12.9. The molecule has 7 rings (SSSR count). The number of aromatic nitrogens is 3. The molecule has 2 aromatic heterocycles. The molecule has 1 N–H and O–H groups in total. The smallest absolute Gasteiger partial charge is 0.394 e. The molecule has 0 radical (unpaired) electrons. The molecule has 1 aliphatic carbocycles. The van der Waals surface area contributed by atoms with Gasteiger partial charge in [-0.05, 0) is 107 Å². The molecule has 1 atom stereocenters. The number of fused-ring (bicyclic) bond motifs is 7. The first-order chi connectivity index (χ1) is 20.0. The number of hydrogen-bond donors (Lipinski definition) is 1. The van der Waals surface area contributed by atoms with E-state index < -0.39 is 11.6 Å². The molecule has 3 aromatic rings. The van der Waals surface area contributed by atoms with E-state index in [0.717, 1.165) is 36.5 Å². The van der Waals surface area contributed by atoms with Gasteiger partial charge in [0.05, 0.1) is 24.2 Å². The van der Waals surface area contributed by atoms with Crippen LogP contribution in [0.3, 0.4) is 0 Å². The molecule has 2 fully saturated rings. The fraction of sp³-hybridized carbons (Fsp3) is 0.500. The Kier molecular flexibility index (Phi) is 7.53. The molecule has 8 nitrogen and oxygen atoms in total.